The lowest BCUT2D eigenvalue weighted by Gasteiger charge is -2.09. The third-order valence-corrected chi connectivity index (χ3v) is 3.62. The van der Waals surface area contributed by atoms with Crippen LogP contribution in [0.15, 0.2) is 15.2 Å². The smallest absolute Gasteiger partial charge is 0.0701 e. The molecule has 2 N–H and O–H groups in total. The molecule has 0 aliphatic carbocycles. The van der Waals surface area contributed by atoms with E-state index in [9.17, 15) is 0 Å². The normalized spacial score (nSPS) is 13.1. The second kappa shape index (κ2) is 6.56. The van der Waals surface area contributed by atoms with Crippen LogP contribution in [0.25, 0.3) is 0 Å². The van der Waals surface area contributed by atoms with Crippen LogP contribution in [-0.2, 0) is 6.54 Å². The van der Waals surface area contributed by atoms with Gasteiger partial charge < -0.3 is 10.4 Å². The van der Waals surface area contributed by atoms with Crippen LogP contribution in [0.1, 0.15) is 18.9 Å². The van der Waals surface area contributed by atoms with Gasteiger partial charge >= 0.3 is 0 Å². The molecule has 1 unspecified atom stereocenters. The van der Waals surface area contributed by atoms with Crippen molar-refractivity contribution >= 4 is 27.3 Å². The first-order chi connectivity index (χ1) is 6.72. The number of rotatable bonds is 6. The first kappa shape index (κ1) is 12.2. The molecule has 0 aromatic carbocycles. The number of aliphatic hydroxyl groups is 1. The van der Waals surface area contributed by atoms with Gasteiger partial charge in [0.25, 0.3) is 0 Å². The van der Waals surface area contributed by atoms with E-state index in [1.54, 1.807) is 11.3 Å². The van der Waals surface area contributed by atoms with Gasteiger partial charge in [-0.25, -0.2) is 0 Å². The van der Waals surface area contributed by atoms with Crippen molar-refractivity contribution in [2.45, 2.75) is 19.9 Å². The molecule has 1 atom stereocenters. The summed E-state index contributed by atoms with van der Waals surface area (Å²) in [5.74, 6) is 0.544. The fourth-order valence-electron chi connectivity index (χ4n) is 1.22. The zero-order valence-electron chi connectivity index (χ0n) is 8.29. The highest BCUT2D eigenvalue weighted by Gasteiger charge is 2.01. The molecule has 0 bridgehead atoms. The number of hydrogen-bond donors (Lipinski definition) is 2. The Balaban J connectivity index is 2.15. The minimum atomic E-state index is 0.285. The van der Waals surface area contributed by atoms with Crippen LogP contribution in [0.4, 0.5) is 0 Å². The number of aliphatic hydroxyl groups excluding tert-OH is 1. The van der Waals surface area contributed by atoms with Crippen molar-refractivity contribution in [2.75, 3.05) is 13.2 Å². The maximum Gasteiger partial charge on any atom is 0.0701 e. The van der Waals surface area contributed by atoms with Crippen LogP contribution in [0.3, 0.4) is 0 Å². The van der Waals surface area contributed by atoms with Gasteiger partial charge in [0.05, 0.1) is 3.79 Å². The average Bonchev–Trinajstić information content (AvgIpc) is 2.52. The van der Waals surface area contributed by atoms with E-state index in [1.807, 2.05) is 0 Å². The Hall–Kier alpha value is 0.100. The summed E-state index contributed by atoms with van der Waals surface area (Å²) in [5, 5.41) is 14.2. The summed E-state index contributed by atoms with van der Waals surface area (Å²) in [5.41, 5.74) is 1.32. The zero-order chi connectivity index (χ0) is 10.4. The molecule has 1 aromatic heterocycles. The predicted octanol–water partition coefficient (Wildman–Crippen LogP) is 2.62. The molecule has 0 aliphatic rings. The van der Waals surface area contributed by atoms with Crippen molar-refractivity contribution in [3.63, 3.8) is 0 Å². The second-order valence-corrected chi connectivity index (χ2v) is 5.80. The maximum absolute atomic E-state index is 8.72. The lowest BCUT2D eigenvalue weighted by atomic mass is 10.1. The predicted molar refractivity (Wildman–Crippen MR) is 64.6 cm³/mol. The summed E-state index contributed by atoms with van der Waals surface area (Å²) in [6.07, 6.45) is 0.875. The average molecular weight is 278 g/mol. The van der Waals surface area contributed by atoms with Crippen molar-refractivity contribution < 1.29 is 5.11 Å². The van der Waals surface area contributed by atoms with Crippen molar-refractivity contribution in [3.05, 3.63) is 20.8 Å². The monoisotopic (exact) mass is 277 g/mol. The fourth-order valence-corrected chi connectivity index (χ4v) is 2.43. The Morgan fingerprint density at radius 1 is 1.64 bits per heavy atom. The highest BCUT2D eigenvalue weighted by Crippen LogP contribution is 2.20. The highest BCUT2D eigenvalue weighted by atomic mass is 79.9. The molecule has 0 saturated heterocycles. The summed E-state index contributed by atoms with van der Waals surface area (Å²) < 4.78 is 1.18. The van der Waals surface area contributed by atoms with Gasteiger partial charge in [-0.05, 0) is 51.8 Å². The Labute approximate surface area is 97.5 Å². The minimum absolute atomic E-state index is 0.285. The molecule has 0 spiro atoms. The van der Waals surface area contributed by atoms with Crippen molar-refractivity contribution in [1.29, 1.82) is 0 Å². The molecule has 4 heteroatoms. The zero-order valence-corrected chi connectivity index (χ0v) is 10.7. The first-order valence-corrected chi connectivity index (χ1v) is 6.44. The van der Waals surface area contributed by atoms with E-state index in [1.165, 1.54) is 9.35 Å². The lowest BCUT2D eigenvalue weighted by Crippen LogP contribution is -2.21. The molecular formula is C10H16BrNOS. The van der Waals surface area contributed by atoms with E-state index in [4.69, 9.17) is 5.11 Å². The molecule has 0 fully saturated rings. The Bertz CT molecular complexity index is 264. The number of hydrogen-bond acceptors (Lipinski definition) is 3. The molecule has 0 radical (unpaired) electrons. The van der Waals surface area contributed by atoms with Crippen LogP contribution < -0.4 is 5.32 Å². The van der Waals surface area contributed by atoms with Crippen LogP contribution in [-0.4, -0.2) is 18.3 Å². The summed E-state index contributed by atoms with van der Waals surface area (Å²) in [7, 11) is 0. The van der Waals surface area contributed by atoms with Crippen LogP contribution in [0.2, 0.25) is 0 Å². The molecule has 1 rings (SSSR count). The van der Waals surface area contributed by atoms with Crippen molar-refractivity contribution in [1.82, 2.24) is 5.32 Å². The minimum Gasteiger partial charge on any atom is -0.396 e. The van der Waals surface area contributed by atoms with E-state index >= 15 is 0 Å². The number of halogens is 1. The molecule has 1 heterocycles. The molecule has 0 amide bonds. The summed E-state index contributed by atoms with van der Waals surface area (Å²) in [6, 6.07) is 2.13. The Morgan fingerprint density at radius 2 is 2.43 bits per heavy atom. The summed E-state index contributed by atoms with van der Waals surface area (Å²) >= 11 is 5.15. The largest absolute Gasteiger partial charge is 0.396 e. The Kier molecular flexibility index (Phi) is 5.70. The van der Waals surface area contributed by atoms with E-state index in [0.29, 0.717) is 5.92 Å². The quantitative estimate of drug-likeness (QED) is 0.838. The third-order valence-electron chi connectivity index (χ3n) is 2.07. The van der Waals surface area contributed by atoms with Crippen LogP contribution in [0, 0.1) is 5.92 Å². The topological polar surface area (TPSA) is 32.3 Å². The molecule has 0 aliphatic heterocycles. The SMILES string of the molecule is CC(CCO)CNCc1csc(Br)c1. The molecule has 1 aromatic rings. The Morgan fingerprint density at radius 3 is 3.00 bits per heavy atom. The molecular weight excluding hydrogens is 262 g/mol. The summed E-state index contributed by atoms with van der Waals surface area (Å²) in [6.45, 7) is 4.31. The van der Waals surface area contributed by atoms with Crippen molar-refractivity contribution in [3.8, 4) is 0 Å². The van der Waals surface area contributed by atoms with E-state index in [2.05, 4.69) is 39.6 Å². The standard InChI is InChI=1S/C10H16BrNOS/c1-8(2-3-13)5-12-6-9-4-10(11)14-7-9/h4,7-8,12-13H,2-3,5-6H2,1H3. The summed E-state index contributed by atoms with van der Waals surface area (Å²) in [4.78, 5) is 0. The first-order valence-electron chi connectivity index (χ1n) is 4.77. The fraction of sp³-hybridized carbons (Fsp3) is 0.600. The van der Waals surface area contributed by atoms with E-state index in [-0.39, 0.29) is 6.61 Å². The van der Waals surface area contributed by atoms with Crippen LogP contribution >= 0.6 is 27.3 Å². The highest BCUT2D eigenvalue weighted by molar-refractivity contribution is 9.11. The van der Waals surface area contributed by atoms with Crippen molar-refractivity contribution in [2.24, 2.45) is 5.92 Å². The second-order valence-electron chi connectivity index (χ2n) is 3.51. The number of nitrogens with one attached hydrogen (secondary N) is 1. The van der Waals surface area contributed by atoms with Gasteiger partial charge in [0.1, 0.15) is 0 Å². The lowest BCUT2D eigenvalue weighted by molar-refractivity contribution is 0.260. The number of thiophene rings is 1. The van der Waals surface area contributed by atoms with Gasteiger partial charge in [-0.15, -0.1) is 11.3 Å². The molecule has 0 saturated carbocycles. The van der Waals surface area contributed by atoms with Gasteiger partial charge in [0.15, 0.2) is 0 Å². The van der Waals surface area contributed by atoms with Gasteiger partial charge in [-0.2, -0.15) is 0 Å². The third kappa shape index (κ3) is 4.55. The van der Waals surface area contributed by atoms with E-state index in [0.717, 1.165) is 19.5 Å². The van der Waals surface area contributed by atoms with Gasteiger partial charge in [-0.3, -0.25) is 0 Å². The molecule has 80 valence electrons. The van der Waals surface area contributed by atoms with Crippen LogP contribution in [0.5, 0.6) is 0 Å². The van der Waals surface area contributed by atoms with E-state index < -0.39 is 0 Å². The van der Waals surface area contributed by atoms with Gasteiger partial charge in [0.2, 0.25) is 0 Å². The van der Waals surface area contributed by atoms with Gasteiger partial charge in [-0.1, -0.05) is 6.92 Å². The molecule has 2 nitrogen and oxygen atoms in total. The van der Waals surface area contributed by atoms with Gasteiger partial charge in [0, 0.05) is 13.2 Å². The molecule has 14 heavy (non-hydrogen) atoms. The maximum atomic E-state index is 8.72.